The summed E-state index contributed by atoms with van der Waals surface area (Å²) >= 11 is 5.95. The van der Waals surface area contributed by atoms with E-state index in [1.807, 2.05) is 10.6 Å². The summed E-state index contributed by atoms with van der Waals surface area (Å²) < 4.78 is 7.58. The highest BCUT2D eigenvalue weighted by atomic mass is 35.5. The van der Waals surface area contributed by atoms with Gasteiger partial charge in [-0.2, -0.15) is 0 Å². The summed E-state index contributed by atoms with van der Waals surface area (Å²) in [5.41, 5.74) is 0.611. The highest BCUT2D eigenvalue weighted by molar-refractivity contribution is 6.32. The molecule has 0 spiro atoms. The Morgan fingerprint density at radius 2 is 2.35 bits per heavy atom. The summed E-state index contributed by atoms with van der Waals surface area (Å²) in [7, 11) is 0. The lowest BCUT2D eigenvalue weighted by Gasteiger charge is -2.21. The zero-order valence-electron chi connectivity index (χ0n) is 9.34. The minimum absolute atomic E-state index is 0.253. The lowest BCUT2D eigenvalue weighted by atomic mass is 10.1. The topological polar surface area (TPSA) is 52.3 Å². The normalized spacial score (nSPS) is 20.9. The van der Waals surface area contributed by atoms with E-state index in [1.165, 1.54) is 6.42 Å². The van der Waals surface area contributed by atoms with Crippen LogP contribution in [-0.2, 0) is 11.2 Å². The summed E-state index contributed by atoms with van der Waals surface area (Å²) in [6, 6.07) is 0. The van der Waals surface area contributed by atoms with E-state index < -0.39 is 0 Å². The van der Waals surface area contributed by atoms with Gasteiger partial charge in [-0.3, -0.25) is 4.40 Å². The van der Waals surface area contributed by atoms with Crippen molar-refractivity contribution in [3.05, 3.63) is 23.4 Å². The summed E-state index contributed by atoms with van der Waals surface area (Å²) in [4.78, 5) is 3.98. The van der Waals surface area contributed by atoms with Crippen LogP contribution in [0.15, 0.2) is 12.4 Å². The van der Waals surface area contributed by atoms with Gasteiger partial charge >= 0.3 is 0 Å². The van der Waals surface area contributed by atoms with E-state index in [2.05, 4.69) is 15.2 Å². The van der Waals surface area contributed by atoms with Crippen molar-refractivity contribution >= 4 is 17.2 Å². The zero-order chi connectivity index (χ0) is 11.7. The molecule has 1 fully saturated rings. The van der Waals surface area contributed by atoms with Gasteiger partial charge in [0, 0.05) is 25.4 Å². The predicted octanol–water partition coefficient (Wildman–Crippen LogP) is 1.89. The van der Waals surface area contributed by atoms with E-state index in [1.54, 1.807) is 6.20 Å². The molecule has 0 amide bonds. The monoisotopic (exact) mass is 252 g/mol. The molecule has 1 saturated heterocycles. The average molecular weight is 253 g/mol. The van der Waals surface area contributed by atoms with Crippen LogP contribution in [0.5, 0.6) is 0 Å². The lowest BCUT2D eigenvalue weighted by Crippen LogP contribution is -2.22. The Hall–Kier alpha value is -1.20. The van der Waals surface area contributed by atoms with Gasteiger partial charge < -0.3 is 4.74 Å². The molecule has 0 aromatic carbocycles. The van der Waals surface area contributed by atoms with Crippen molar-refractivity contribution in [2.45, 2.75) is 31.8 Å². The van der Waals surface area contributed by atoms with Crippen LogP contribution in [0.25, 0.3) is 5.65 Å². The van der Waals surface area contributed by atoms with Gasteiger partial charge in [-0.05, 0) is 19.3 Å². The Kier molecular flexibility index (Phi) is 2.94. The van der Waals surface area contributed by atoms with Gasteiger partial charge in [0.25, 0.3) is 0 Å². The van der Waals surface area contributed by atoms with E-state index in [9.17, 15) is 0 Å². The van der Waals surface area contributed by atoms with Gasteiger partial charge in [0.1, 0.15) is 5.82 Å². The molecule has 1 atom stereocenters. The first-order valence-electron chi connectivity index (χ1n) is 5.80. The zero-order valence-corrected chi connectivity index (χ0v) is 10.1. The minimum atomic E-state index is 0.253. The maximum absolute atomic E-state index is 5.95. The van der Waals surface area contributed by atoms with Crippen LogP contribution in [0.1, 0.15) is 25.1 Å². The summed E-state index contributed by atoms with van der Waals surface area (Å²) in [6.07, 6.45) is 8.00. The van der Waals surface area contributed by atoms with Crippen molar-refractivity contribution < 1.29 is 4.74 Å². The number of nitrogens with zero attached hydrogens (tertiary/aromatic N) is 4. The number of ether oxygens (including phenoxy) is 1. The molecule has 2 aromatic rings. The molecule has 3 rings (SSSR count). The van der Waals surface area contributed by atoms with Crippen molar-refractivity contribution in [3.8, 4) is 0 Å². The number of fused-ring (bicyclic) bond motifs is 1. The molecule has 0 N–H and O–H groups in total. The van der Waals surface area contributed by atoms with Crippen molar-refractivity contribution in [2.75, 3.05) is 6.61 Å². The third-order valence-electron chi connectivity index (χ3n) is 3.04. The van der Waals surface area contributed by atoms with Crippen LogP contribution >= 0.6 is 11.6 Å². The molecule has 90 valence electrons. The Balaban J connectivity index is 1.87. The summed E-state index contributed by atoms with van der Waals surface area (Å²) in [5.74, 6) is 0.885. The number of rotatable bonds is 2. The SMILES string of the molecule is Clc1nccn2c(CC3CCCCO3)nnc12. The minimum Gasteiger partial charge on any atom is -0.378 e. The molecule has 3 heterocycles. The van der Waals surface area contributed by atoms with Gasteiger partial charge in [-0.25, -0.2) is 4.98 Å². The Bertz CT molecular complexity index is 521. The fourth-order valence-electron chi connectivity index (χ4n) is 2.16. The van der Waals surface area contributed by atoms with Crippen LogP contribution in [0.4, 0.5) is 0 Å². The predicted molar refractivity (Wildman–Crippen MR) is 63.1 cm³/mol. The molecule has 0 saturated carbocycles. The fraction of sp³-hybridized carbons (Fsp3) is 0.545. The van der Waals surface area contributed by atoms with Gasteiger partial charge in [-0.15, -0.1) is 10.2 Å². The van der Waals surface area contributed by atoms with Crippen LogP contribution in [0.2, 0.25) is 5.15 Å². The smallest absolute Gasteiger partial charge is 0.198 e. The molecular weight excluding hydrogens is 240 g/mol. The third-order valence-corrected chi connectivity index (χ3v) is 3.31. The fourth-order valence-corrected chi connectivity index (χ4v) is 2.34. The van der Waals surface area contributed by atoms with E-state index >= 15 is 0 Å². The maximum atomic E-state index is 5.95. The molecule has 6 heteroatoms. The van der Waals surface area contributed by atoms with Gasteiger partial charge in [0.2, 0.25) is 0 Å². The summed E-state index contributed by atoms with van der Waals surface area (Å²) in [6.45, 7) is 0.851. The van der Waals surface area contributed by atoms with Crippen LogP contribution in [-0.4, -0.2) is 32.3 Å². The average Bonchev–Trinajstić information content (AvgIpc) is 2.76. The number of halogens is 1. The molecule has 1 unspecified atom stereocenters. The van der Waals surface area contributed by atoms with Gasteiger partial charge in [-0.1, -0.05) is 11.6 Å². The van der Waals surface area contributed by atoms with Crippen molar-refractivity contribution in [1.29, 1.82) is 0 Å². The quantitative estimate of drug-likeness (QED) is 0.819. The largest absolute Gasteiger partial charge is 0.378 e. The second-order valence-corrected chi connectivity index (χ2v) is 4.58. The van der Waals surface area contributed by atoms with Gasteiger partial charge in [0.05, 0.1) is 6.10 Å². The molecule has 2 aromatic heterocycles. The van der Waals surface area contributed by atoms with Crippen molar-refractivity contribution in [1.82, 2.24) is 19.6 Å². The first kappa shape index (κ1) is 10.9. The van der Waals surface area contributed by atoms with E-state index in [-0.39, 0.29) is 6.10 Å². The van der Waals surface area contributed by atoms with Crippen molar-refractivity contribution in [3.63, 3.8) is 0 Å². The summed E-state index contributed by atoms with van der Waals surface area (Å²) in [5, 5.41) is 8.59. The first-order valence-corrected chi connectivity index (χ1v) is 6.18. The highest BCUT2D eigenvalue weighted by Crippen LogP contribution is 2.18. The van der Waals surface area contributed by atoms with Crippen molar-refractivity contribution in [2.24, 2.45) is 0 Å². The Morgan fingerprint density at radius 1 is 1.41 bits per heavy atom. The van der Waals surface area contributed by atoms with Crippen LogP contribution in [0.3, 0.4) is 0 Å². The molecule has 0 bridgehead atoms. The van der Waals surface area contributed by atoms with E-state index in [0.717, 1.165) is 31.7 Å². The molecule has 0 aliphatic carbocycles. The van der Waals surface area contributed by atoms with E-state index in [4.69, 9.17) is 16.3 Å². The maximum Gasteiger partial charge on any atom is 0.198 e. The Labute approximate surface area is 104 Å². The molecular formula is C11H13ClN4O. The second kappa shape index (κ2) is 4.58. The highest BCUT2D eigenvalue weighted by Gasteiger charge is 2.18. The van der Waals surface area contributed by atoms with E-state index in [0.29, 0.717) is 10.8 Å². The standard InChI is InChI=1S/C11H13ClN4O/c12-10-11-15-14-9(16(11)5-4-13-10)7-8-3-1-2-6-17-8/h4-5,8H,1-3,6-7H2. The lowest BCUT2D eigenvalue weighted by molar-refractivity contribution is 0.0155. The molecule has 1 aliphatic rings. The molecule has 1 aliphatic heterocycles. The third kappa shape index (κ3) is 2.12. The van der Waals surface area contributed by atoms with Gasteiger partial charge in [0.15, 0.2) is 10.8 Å². The first-order chi connectivity index (χ1) is 8.34. The molecule has 17 heavy (non-hydrogen) atoms. The van der Waals surface area contributed by atoms with Crippen LogP contribution < -0.4 is 0 Å². The number of hydrogen-bond acceptors (Lipinski definition) is 4. The molecule has 5 nitrogen and oxygen atoms in total. The number of aromatic nitrogens is 4. The number of hydrogen-bond donors (Lipinski definition) is 0. The Morgan fingerprint density at radius 3 is 3.18 bits per heavy atom. The second-order valence-electron chi connectivity index (χ2n) is 4.22. The van der Waals surface area contributed by atoms with Crippen LogP contribution in [0, 0.1) is 0 Å². The molecule has 0 radical (unpaired) electrons.